The van der Waals surface area contributed by atoms with E-state index >= 15 is 0 Å². The van der Waals surface area contributed by atoms with E-state index in [0.29, 0.717) is 11.3 Å². The minimum atomic E-state index is -1.14. The Kier molecular flexibility index (Phi) is 5.40. The molecule has 0 amide bonds. The first-order valence-corrected chi connectivity index (χ1v) is 5.94. The Bertz CT molecular complexity index is 425. The van der Waals surface area contributed by atoms with Crippen molar-refractivity contribution in [3.63, 3.8) is 0 Å². The first kappa shape index (κ1) is 14.8. The molecule has 6 heteroatoms. The smallest absolute Gasteiger partial charge is 0.337 e. The molecule has 0 aromatic heterocycles. The van der Waals surface area contributed by atoms with Gasteiger partial charge in [-0.25, -0.2) is 4.79 Å². The van der Waals surface area contributed by atoms with Crippen molar-refractivity contribution in [1.82, 2.24) is 0 Å². The number of aliphatic hydroxyl groups excluding tert-OH is 2. The molecule has 1 rings (SSSR count). The van der Waals surface area contributed by atoms with Gasteiger partial charge < -0.3 is 20.7 Å². The van der Waals surface area contributed by atoms with Gasteiger partial charge in [-0.05, 0) is 30.2 Å². The number of esters is 1. The van der Waals surface area contributed by atoms with Gasteiger partial charge in [0, 0.05) is 11.6 Å². The monoisotopic (exact) mass is 273 g/mol. The largest absolute Gasteiger partial charge is 0.465 e. The minimum absolute atomic E-state index is 0.227. The molecular formula is C12H16ClNO4. The predicted octanol–water partition coefficient (Wildman–Crippen LogP) is 1.08. The van der Waals surface area contributed by atoms with E-state index in [1.165, 1.54) is 25.3 Å². The van der Waals surface area contributed by atoms with E-state index in [1.54, 1.807) is 0 Å². The number of carbonyl (C=O) groups excluding carboxylic acids is 1. The molecule has 18 heavy (non-hydrogen) atoms. The Hall–Kier alpha value is -1.30. The Labute approximate surface area is 110 Å². The number of methoxy groups -OCH3 is 1. The van der Waals surface area contributed by atoms with Crippen LogP contribution >= 0.6 is 11.6 Å². The van der Waals surface area contributed by atoms with Gasteiger partial charge in [0.1, 0.15) is 6.10 Å². The van der Waals surface area contributed by atoms with Crippen molar-refractivity contribution in [3.8, 4) is 0 Å². The molecule has 2 unspecified atom stereocenters. The van der Waals surface area contributed by atoms with Crippen LogP contribution < -0.4 is 5.73 Å². The van der Waals surface area contributed by atoms with Crippen LogP contribution in [-0.2, 0) is 4.74 Å². The number of hydrogen-bond donors (Lipinski definition) is 3. The number of benzene rings is 1. The quantitative estimate of drug-likeness (QED) is 0.424. The van der Waals surface area contributed by atoms with Gasteiger partial charge in [-0.1, -0.05) is 0 Å². The number of halogens is 1. The Morgan fingerprint density at radius 1 is 1.44 bits per heavy atom. The maximum Gasteiger partial charge on any atom is 0.337 e. The number of aliphatic hydroxyl groups is 2. The second-order valence-electron chi connectivity index (χ2n) is 3.87. The fourth-order valence-corrected chi connectivity index (χ4v) is 1.80. The van der Waals surface area contributed by atoms with Crippen molar-refractivity contribution in [2.24, 2.45) is 0 Å². The summed E-state index contributed by atoms with van der Waals surface area (Å²) in [7, 11) is 1.25. The molecule has 1 aromatic rings. The third-order valence-electron chi connectivity index (χ3n) is 2.51. The average Bonchev–Trinajstić information content (AvgIpc) is 2.36. The second kappa shape index (κ2) is 6.58. The molecule has 0 aliphatic carbocycles. The fourth-order valence-electron chi connectivity index (χ4n) is 1.57. The summed E-state index contributed by atoms with van der Waals surface area (Å²) in [6, 6.07) is 4.37. The van der Waals surface area contributed by atoms with Gasteiger partial charge in [0.25, 0.3) is 0 Å². The third kappa shape index (κ3) is 3.60. The summed E-state index contributed by atoms with van der Waals surface area (Å²) in [5.74, 6) is -0.327. The summed E-state index contributed by atoms with van der Waals surface area (Å²) in [4.78, 5) is 11.4. The number of nitrogen functional groups attached to an aromatic ring is 1. The molecule has 0 fully saturated rings. The van der Waals surface area contributed by atoms with Crippen molar-refractivity contribution in [3.05, 3.63) is 29.3 Å². The molecule has 0 saturated carbocycles. The van der Waals surface area contributed by atoms with Gasteiger partial charge >= 0.3 is 5.97 Å². The van der Waals surface area contributed by atoms with Crippen LogP contribution in [0.2, 0.25) is 0 Å². The molecule has 0 saturated heterocycles. The maximum absolute atomic E-state index is 11.4. The first-order chi connectivity index (χ1) is 8.49. The fraction of sp³-hybridized carbons (Fsp3) is 0.417. The predicted molar refractivity (Wildman–Crippen MR) is 68.5 cm³/mol. The van der Waals surface area contributed by atoms with E-state index < -0.39 is 18.2 Å². The highest BCUT2D eigenvalue weighted by Crippen LogP contribution is 2.23. The van der Waals surface area contributed by atoms with Crippen LogP contribution in [0.25, 0.3) is 0 Å². The lowest BCUT2D eigenvalue weighted by molar-refractivity contribution is 0.0169. The zero-order valence-corrected chi connectivity index (χ0v) is 10.7. The number of hydrogen-bond acceptors (Lipinski definition) is 5. The second-order valence-corrected chi connectivity index (χ2v) is 4.25. The van der Waals surface area contributed by atoms with Crippen molar-refractivity contribution >= 4 is 23.3 Å². The van der Waals surface area contributed by atoms with Crippen LogP contribution in [0.4, 0.5) is 5.69 Å². The third-order valence-corrected chi connectivity index (χ3v) is 2.73. The zero-order chi connectivity index (χ0) is 13.7. The molecule has 100 valence electrons. The highest BCUT2D eigenvalue weighted by molar-refractivity contribution is 6.17. The molecule has 0 aliphatic heterocycles. The van der Waals surface area contributed by atoms with Crippen LogP contribution in [0.5, 0.6) is 0 Å². The van der Waals surface area contributed by atoms with Gasteiger partial charge in [-0.15, -0.1) is 11.6 Å². The summed E-state index contributed by atoms with van der Waals surface area (Å²) in [5.41, 5.74) is 6.53. The molecule has 1 aromatic carbocycles. The molecule has 2 atom stereocenters. The van der Waals surface area contributed by atoms with Crippen LogP contribution in [0.1, 0.15) is 28.4 Å². The molecule has 0 spiro atoms. The van der Waals surface area contributed by atoms with E-state index in [4.69, 9.17) is 17.3 Å². The summed E-state index contributed by atoms with van der Waals surface area (Å²) in [6.07, 6.45) is -1.91. The molecule has 5 nitrogen and oxygen atoms in total. The zero-order valence-electron chi connectivity index (χ0n) is 9.97. The van der Waals surface area contributed by atoms with Crippen molar-refractivity contribution in [1.29, 1.82) is 0 Å². The van der Waals surface area contributed by atoms with Gasteiger partial charge in [-0.3, -0.25) is 0 Å². The van der Waals surface area contributed by atoms with E-state index in [2.05, 4.69) is 4.74 Å². The molecule has 0 bridgehead atoms. The number of rotatable bonds is 5. The maximum atomic E-state index is 11.4. The van der Waals surface area contributed by atoms with E-state index in [9.17, 15) is 15.0 Å². The van der Waals surface area contributed by atoms with Crippen molar-refractivity contribution in [2.75, 3.05) is 18.7 Å². The average molecular weight is 274 g/mol. The normalized spacial score (nSPS) is 14.0. The summed E-state index contributed by atoms with van der Waals surface area (Å²) < 4.78 is 4.57. The SMILES string of the molecule is COC(=O)c1cc(N)cc(C(O)C(O)CCCl)c1. The van der Waals surface area contributed by atoms with E-state index in [-0.39, 0.29) is 17.9 Å². The summed E-state index contributed by atoms with van der Waals surface area (Å²) in [5, 5.41) is 19.6. The minimum Gasteiger partial charge on any atom is -0.465 e. The van der Waals surface area contributed by atoms with E-state index in [0.717, 1.165) is 0 Å². The highest BCUT2D eigenvalue weighted by Gasteiger charge is 2.20. The van der Waals surface area contributed by atoms with Crippen molar-refractivity contribution < 1.29 is 19.7 Å². The number of nitrogens with two attached hydrogens (primary N) is 1. The van der Waals surface area contributed by atoms with Gasteiger partial charge in [0.05, 0.1) is 18.8 Å². The van der Waals surface area contributed by atoms with Crippen LogP contribution in [0, 0.1) is 0 Å². The van der Waals surface area contributed by atoms with E-state index in [1.807, 2.05) is 0 Å². The van der Waals surface area contributed by atoms with Gasteiger partial charge in [0.2, 0.25) is 0 Å². The molecule has 4 N–H and O–H groups in total. The molecule has 0 aliphatic rings. The summed E-state index contributed by atoms with van der Waals surface area (Å²) in [6.45, 7) is 0. The Balaban J connectivity index is 3.02. The number of ether oxygens (including phenoxy) is 1. The lowest BCUT2D eigenvalue weighted by Crippen LogP contribution is -2.19. The Morgan fingerprint density at radius 3 is 2.67 bits per heavy atom. The van der Waals surface area contributed by atoms with Crippen LogP contribution in [-0.4, -0.2) is 35.3 Å². The molecule has 0 heterocycles. The van der Waals surface area contributed by atoms with Crippen molar-refractivity contribution in [2.45, 2.75) is 18.6 Å². The first-order valence-electron chi connectivity index (χ1n) is 5.40. The summed E-state index contributed by atoms with van der Waals surface area (Å²) >= 11 is 5.49. The number of alkyl halides is 1. The Morgan fingerprint density at radius 2 is 2.11 bits per heavy atom. The standard InChI is InChI=1S/C12H16ClNO4/c1-18-12(17)8-4-7(5-9(14)6-8)11(16)10(15)2-3-13/h4-6,10-11,15-16H,2-3,14H2,1H3. The van der Waals surface area contributed by atoms with Crippen LogP contribution in [0.15, 0.2) is 18.2 Å². The molecular weight excluding hydrogens is 258 g/mol. The highest BCUT2D eigenvalue weighted by atomic mass is 35.5. The number of carbonyl (C=O) groups is 1. The topological polar surface area (TPSA) is 92.8 Å². The van der Waals surface area contributed by atoms with Crippen LogP contribution in [0.3, 0.4) is 0 Å². The lowest BCUT2D eigenvalue weighted by atomic mass is 9.99. The lowest BCUT2D eigenvalue weighted by Gasteiger charge is -2.18. The number of anilines is 1. The molecule has 0 radical (unpaired) electrons. The van der Waals surface area contributed by atoms with Gasteiger partial charge in [0.15, 0.2) is 0 Å². The van der Waals surface area contributed by atoms with Gasteiger partial charge in [-0.2, -0.15) is 0 Å².